The molecule has 2 heterocycles. The maximum Gasteiger partial charge on any atom is 0.254 e. The van der Waals surface area contributed by atoms with Crippen molar-refractivity contribution >= 4 is 5.91 Å². The van der Waals surface area contributed by atoms with E-state index < -0.39 is 0 Å². The zero-order valence-corrected chi connectivity index (χ0v) is 13.7. The number of carbonyl (C=O) groups excluding carboxylic acids is 1. The fraction of sp³-hybridized carbons (Fsp3) is 0.500. The summed E-state index contributed by atoms with van der Waals surface area (Å²) >= 11 is 0. The highest BCUT2D eigenvalue weighted by Gasteiger charge is 2.31. The van der Waals surface area contributed by atoms with Gasteiger partial charge >= 0.3 is 0 Å². The van der Waals surface area contributed by atoms with Gasteiger partial charge < -0.3 is 4.90 Å². The summed E-state index contributed by atoms with van der Waals surface area (Å²) in [6, 6.07) is 6.28. The number of likely N-dealkylation sites (tertiary alicyclic amines) is 1. The molecule has 1 aromatic carbocycles. The molecule has 2 aliphatic rings. The SMILES string of the molecule is Cc1ccc(C(=O)N2CCC(n3cc(C4CC4)nn3)C2)c(C)c1. The number of aryl methyl sites for hydroxylation is 2. The molecule has 1 saturated heterocycles. The first-order chi connectivity index (χ1) is 11.1. The van der Waals surface area contributed by atoms with Crippen LogP contribution in [-0.2, 0) is 0 Å². The summed E-state index contributed by atoms with van der Waals surface area (Å²) in [7, 11) is 0. The molecule has 2 aromatic rings. The van der Waals surface area contributed by atoms with E-state index in [1.165, 1.54) is 18.4 Å². The Morgan fingerprint density at radius 1 is 1.22 bits per heavy atom. The van der Waals surface area contributed by atoms with E-state index in [2.05, 4.69) is 29.5 Å². The van der Waals surface area contributed by atoms with Gasteiger partial charge in [-0.2, -0.15) is 0 Å². The van der Waals surface area contributed by atoms with Crippen molar-refractivity contribution in [2.45, 2.75) is 45.1 Å². The van der Waals surface area contributed by atoms with E-state index in [1.54, 1.807) is 0 Å². The quantitative estimate of drug-likeness (QED) is 0.876. The van der Waals surface area contributed by atoms with Gasteiger partial charge in [-0.25, -0.2) is 4.68 Å². The van der Waals surface area contributed by atoms with Crippen LogP contribution in [0.1, 0.15) is 58.4 Å². The summed E-state index contributed by atoms with van der Waals surface area (Å²) in [5.74, 6) is 0.755. The Hall–Kier alpha value is -2.17. The molecule has 1 saturated carbocycles. The van der Waals surface area contributed by atoms with Crippen LogP contribution in [0.4, 0.5) is 0 Å². The predicted molar refractivity (Wildman–Crippen MR) is 87.5 cm³/mol. The minimum absolute atomic E-state index is 0.132. The smallest absolute Gasteiger partial charge is 0.254 e. The van der Waals surface area contributed by atoms with E-state index in [0.29, 0.717) is 5.92 Å². The average molecular weight is 310 g/mol. The molecule has 2 fully saturated rings. The van der Waals surface area contributed by atoms with Gasteiger partial charge in [-0.3, -0.25) is 4.79 Å². The van der Waals surface area contributed by atoms with E-state index >= 15 is 0 Å². The van der Waals surface area contributed by atoms with Crippen molar-refractivity contribution in [2.24, 2.45) is 0 Å². The van der Waals surface area contributed by atoms with Crippen molar-refractivity contribution in [2.75, 3.05) is 13.1 Å². The van der Waals surface area contributed by atoms with Gasteiger partial charge in [0.05, 0.1) is 11.7 Å². The molecule has 23 heavy (non-hydrogen) atoms. The fourth-order valence-electron chi connectivity index (χ4n) is 3.40. The van der Waals surface area contributed by atoms with E-state index in [1.807, 2.05) is 28.6 Å². The van der Waals surface area contributed by atoms with Crippen LogP contribution < -0.4 is 0 Å². The molecule has 5 nitrogen and oxygen atoms in total. The Morgan fingerprint density at radius 3 is 2.78 bits per heavy atom. The largest absolute Gasteiger partial charge is 0.336 e. The van der Waals surface area contributed by atoms with Crippen molar-refractivity contribution in [1.82, 2.24) is 19.9 Å². The van der Waals surface area contributed by atoms with Crippen molar-refractivity contribution < 1.29 is 4.79 Å². The first kappa shape index (κ1) is 14.4. The molecular formula is C18H22N4O. The van der Waals surface area contributed by atoms with Crippen LogP contribution in [0.2, 0.25) is 0 Å². The number of hydrogen-bond donors (Lipinski definition) is 0. The number of carbonyl (C=O) groups is 1. The Morgan fingerprint density at radius 2 is 2.04 bits per heavy atom. The number of hydrogen-bond acceptors (Lipinski definition) is 3. The van der Waals surface area contributed by atoms with Crippen LogP contribution >= 0.6 is 0 Å². The molecule has 1 aromatic heterocycles. The Labute approximate surface area is 136 Å². The van der Waals surface area contributed by atoms with E-state index in [9.17, 15) is 4.79 Å². The van der Waals surface area contributed by atoms with E-state index in [4.69, 9.17) is 0 Å². The highest BCUT2D eigenvalue weighted by molar-refractivity contribution is 5.95. The van der Waals surface area contributed by atoms with Gasteiger partial charge in [0.25, 0.3) is 5.91 Å². The molecule has 4 rings (SSSR count). The second-order valence-electron chi connectivity index (χ2n) is 6.91. The van der Waals surface area contributed by atoms with Crippen molar-refractivity contribution in [1.29, 1.82) is 0 Å². The molecule has 0 bridgehead atoms. The lowest BCUT2D eigenvalue weighted by atomic mass is 10.0. The third-order valence-electron chi connectivity index (χ3n) is 4.96. The molecule has 1 amide bonds. The number of rotatable bonds is 3. The first-order valence-electron chi connectivity index (χ1n) is 8.40. The van der Waals surface area contributed by atoms with Crippen molar-refractivity contribution in [3.8, 4) is 0 Å². The summed E-state index contributed by atoms with van der Waals surface area (Å²) in [5, 5.41) is 8.57. The number of benzene rings is 1. The monoisotopic (exact) mass is 310 g/mol. The van der Waals surface area contributed by atoms with Gasteiger partial charge in [0, 0.05) is 30.8 Å². The zero-order chi connectivity index (χ0) is 16.0. The summed E-state index contributed by atoms with van der Waals surface area (Å²) in [5.41, 5.74) is 4.17. The number of aromatic nitrogens is 3. The summed E-state index contributed by atoms with van der Waals surface area (Å²) < 4.78 is 1.96. The van der Waals surface area contributed by atoms with Crippen molar-refractivity contribution in [3.63, 3.8) is 0 Å². The van der Waals surface area contributed by atoms with Crippen molar-refractivity contribution in [3.05, 3.63) is 46.8 Å². The topological polar surface area (TPSA) is 51.0 Å². The number of amides is 1. The number of nitrogens with zero attached hydrogens (tertiary/aromatic N) is 4. The summed E-state index contributed by atoms with van der Waals surface area (Å²) in [4.78, 5) is 14.7. The Bertz CT molecular complexity index is 747. The molecule has 5 heteroatoms. The molecular weight excluding hydrogens is 288 g/mol. The van der Waals surface area contributed by atoms with Gasteiger partial charge in [0.1, 0.15) is 0 Å². The normalized spacial score (nSPS) is 21.0. The fourth-order valence-corrected chi connectivity index (χ4v) is 3.40. The molecule has 0 spiro atoms. The summed E-state index contributed by atoms with van der Waals surface area (Å²) in [6.45, 7) is 5.57. The van der Waals surface area contributed by atoms with Crippen LogP contribution in [0.25, 0.3) is 0 Å². The summed E-state index contributed by atoms with van der Waals surface area (Å²) in [6.07, 6.45) is 5.50. The van der Waals surface area contributed by atoms with Crippen LogP contribution in [0.5, 0.6) is 0 Å². The minimum Gasteiger partial charge on any atom is -0.336 e. The molecule has 1 atom stereocenters. The van der Waals surface area contributed by atoms with Gasteiger partial charge in [-0.15, -0.1) is 5.10 Å². The second kappa shape index (κ2) is 5.48. The lowest BCUT2D eigenvalue weighted by Gasteiger charge is -2.18. The molecule has 0 radical (unpaired) electrons. The standard InChI is InChI=1S/C18H22N4O/c1-12-3-6-16(13(2)9-12)18(23)21-8-7-15(10-21)22-11-17(19-20-22)14-4-5-14/h3,6,9,11,14-15H,4-5,7-8,10H2,1-2H3. The highest BCUT2D eigenvalue weighted by Crippen LogP contribution is 2.39. The second-order valence-corrected chi connectivity index (χ2v) is 6.91. The molecule has 1 aliphatic heterocycles. The molecule has 1 unspecified atom stereocenters. The minimum atomic E-state index is 0.132. The lowest BCUT2D eigenvalue weighted by molar-refractivity contribution is 0.0786. The van der Waals surface area contributed by atoms with Crippen LogP contribution in [0.3, 0.4) is 0 Å². The Kier molecular flexibility index (Phi) is 3.43. The van der Waals surface area contributed by atoms with Gasteiger partial charge in [-0.05, 0) is 44.7 Å². The molecule has 120 valence electrons. The first-order valence-corrected chi connectivity index (χ1v) is 8.40. The molecule has 0 N–H and O–H groups in total. The predicted octanol–water partition coefficient (Wildman–Crippen LogP) is 2.86. The van der Waals surface area contributed by atoms with Gasteiger partial charge in [0.15, 0.2) is 0 Å². The van der Waals surface area contributed by atoms with E-state index in [-0.39, 0.29) is 11.9 Å². The van der Waals surface area contributed by atoms with Crippen LogP contribution in [0, 0.1) is 13.8 Å². The Balaban J connectivity index is 1.47. The third kappa shape index (κ3) is 2.76. The zero-order valence-electron chi connectivity index (χ0n) is 13.7. The van der Waals surface area contributed by atoms with Crippen LogP contribution in [-0.4, -0.2) is 38.9 Å². The maximum absolute atomic E-state index is 12.8. The van der Waals surface area contributed by atoms with Crippen LogP contribution in [0.15, 0.2) is 24.4 Å². The highest BCUT2D eigenvalue weighted by atomic mass is 16.2. The van der Waals surface area contributed by atoms with E-state index in [0.717, 1.165) is 36.3 Å². The lowest BCUT2D eigenvalue weighted by Crippen LogP contribution is -2.29. The average Bonchev–Trinajstić information content (AvgIpc) is 3.07. The maximum atomic E-state index is 12.8. The van der Waals surface area contributed by atoms with Gasteiger partial charge in [-0.1, -0.05) is 22.9 Å². The molecule has 1 aliphatic carbocycles. The van der Waals surface area contributed by atoms with Gasteiger partial charge in [0.2, 0.25) is 0 Å². The third-order valence-corrected chi connectivity index (χ3v) is 4.96.